The van der Waals surface area contributed by atoms with Crippen molar-refractivity contribution in [3.05, 3.63) is 105 Å². The van der Waals surface area contributed by atoms with Gasteiger partial charge in [-0.25, -0.2) is 8.78 Å². The fourth-order valence-corrected chi connectivity index (χ4v) is 4.53. The van der Waals surface area contributed by atoms with Gasteiger partial charge >= 0.3 is 0 Å². The van der Waals surface area contributed by atoms with Crippen LogP contribution in [0.15, 0.2) is 54.6 Å². The quantitative estimate of drug-likeness (QED) is 0.349. The van der Waals surface area contributed by atoms with E-state index in [1.807, 2.05) is 37.3 Å². The summed E-state index contributed by atoms with van der Waals surface area (Å²) in [7, 11) is 0. The highest BCUT2D eigenvalue weighted by molar-refractivity contribution is 5.50. The molecular weight excluding hydrogens is 422 g/mol. The molecular formula is C32H30F2. The normalized spacial score (nSPS) is 17.3. The van der Waals surface area contributed by atoms with Crippen molar-refractivity contribution in [1.29, 1.82) is 0 Å². The maximum Gasteiger partial charge on any atom is 0.143 e. The van der Waals surface area contributed by atoms with E-state index in [0.717, 1.165) is 29.4 Å². The summed E-state index contributed by atoms with van der Waals surface area (Å²) in [6, 6.07) is 16.2. The first-order chi connectivity index (χ1) is 16.4. The second-order valence-corrected chi connectivity index (χ2v) is 9.65. The molecule has 0 N–H and O–H groups in total. The molecule has 3 aromatic carbocycles. The lowest BCUT2D eigenvalue weighted by Gasteiger charge is -2.26. The van der Waals surface area contributed by atoms with E-state index in [-0.39, 0.29) is 5.56 Å². The Balaban J connectivity index is 1.47. The van der Waals surface area contributed by atoms with Gasteiger partial charge in [-0.05, 0) is 92.5 Å². The van der Waals surface area contributed by atoms with E-state index in [1.54, 1.807) is 0 Å². The number of halogens is 2. The Hall–Kier alpha value is -3.36. The summed E-state index contributed by atoms with van der Waals surface area (Å²) in [6.07, 6.45) is 6.40. The van der Waals surface area contributed by atoms with Crippen LogP contribution in [0.5, 0.6) is 0 Å². The summed E-state index contributed by atoms with van der Waals surface area (Å²) in [5.74, 6) is 11.6. The molecule has 34 heavy (non-hydrogen) atoms. The molecule has 0 unspecified atom stereocenters. The predicted molar refractivity (Wildman–Crippen MR) is 136 cm³/mol. The maximum absolute atomic E-state index is 14.6. The number of rotatable bonds is 2. The van der Waals surface area contributed by atoms with E-state index in [4.69, 9.17) is 0 Å². The largest absolute Gasteiger partial charge is 0.205 e. The van der Waals surface area contributed by atoms with Crippen molar-refractivity contribution in [2.24, 2.45) is 11.8 Å². The SMILES string of the molecule is Cc1ccc(C#Cc2c(F)cc(C#Cc3ccc(CC4CCC(C)CC4)c(C)c3)cc2F)cc1. The third kappa shape index (κ3) is 6.15. The fourth-order valence-electron chi connectivity index (χ4n) is 4.53. The molecule has 1 aliphatic rings. The molecule has 1 saturated carbocycles. The van der Waals surface area contributed by atoms with Crippen LogP contribution in [0.4, 0.5) is 8.78 Å². The van der Waals surface area contributed by atoms with Gasteiger partial charge in [-0.3, -0.25) is 0 Å². The highest BCUT2D eigenvalue weighted by Gasteiger charge is 2.19. The summed E-state index contributed by atoms with van der Waals surface area (Å²) in [6.45, 7) is 6.44. The van der Waals surface area contributed by atoms with Crippen LogP contribution in [0, 0.1) is 61.0 Å². The van der Waals surface area contributed by atoms with E-state index in [0.29, 0.717) is 11.1 Å². The number of aryl methyl sites for hydroxylation is 2. The van der Waals surface area contributed by atoms with Gasteiger partial charge in [0.05, 0.1) is 5.56 Å². The Kier molecular flexibility index (Phi) is 7.49. The van der Waals surface area contributed by atoms with Crippen LogP contribution in [0.2, 0.25) is 0 Å². The van der Waals surface area contributed by atoms with Gasteiger partial charge in [0.25, 0.3) is 0 Å². The van der Waals surface area contributed by atoms with Crippen LogP contribution < -0.4 is 0 Å². The zero-order valence-corrected chi connectivity index (χ0v) is 20.1. The lowest BCUT2D eigenvalue weighted by Crippen LogP contribution is -2.14. The number of hydrogen-bond donors (Lipinski definition) is 0. The molecule has 0 bridgehead atoms. The molecule has 3 aromatic rings. The molecule has 0 amide bonds. The smallest absolute Gasteiger partial charge is 0.143 e. The first kappa shape index (κ1) is 23.8. The van der Waals surface area contributed by atoms with Crippen LogP contribution in [0.3, 0.4) is 0 Å². The molecule has 0 radical (unpaired) electrons. The first-order valence-electron chi connectivity index (χ1n) is 12.1. The topological polar surface area (TPSA) is 0 Å². The zero-order chi connectivity index (χ0) is 24.1. The summed E-state index contributed by atoms with van der Waals surface area (Å²) >= 11 is 0. The summed E-state index contributed by atoms with van der Waals surface area (Å²) in [5, 5.41) is 0. The van der Waals surface area contributed by atoms with E-state index in [2.05, 4.69) is 49.7 Å². The fraction of sp³-hybridized carbons (Fsp3) is 0.312. The molecule has 0 heterocycles. The van der Waals surface area contributed by atoms with Crippen molar-refractivity contribution >= 4 is 0 Å². The first-order valence-corrected chi connectivity index (χ1v) is 12.1. The maximum atomic E-state index is 14.6. The van der Waals surface area contributed by atoms with Crippen LogP contribution >= 0.6 is 0 Å². The minimum absolute atomic E-state index is 0.233. The lowest BCUT2D eigenvalue weighted by molar-refractivity contribution is 0.288. The van der Waals surface area contributed by atoms with Gasteiger partial charge in [-0.1, -0.05) is 67.2 Å². The lowest BCUT2D eigenvalue weighted by atomic mass is 9.79. The molecule has 172 valence electrons. The minimum Gasteiger partial charge on any atom is -0.205 e. The number of hydrogen-bond acceptors (Lipinski definition) is 0. The van der Waals surface area contributed by atoms with Crippen molar-refractivity contribution in [1.82, 2.24) is 0 Å². The van der Waals surface area contributed by atoms with Gasteiger partial charge in [0, 0.05) is 16.7 Å². The second-order valence-electron chi connectivity index (χ2n) is 9.65. The third-order valence-electron chi connectivity index (χ3n) is 6.76. The van der Waals surface area contributed by atoms with Crippen molar-refractivity contribution < 1.29 is 8.78 Å². The van der Waals surface area contributed by atoms with Crippen LogP contribution in [0.25, 0.3) is 0 Å². The molecule has 0 aromatic heterocycles. The Morgan fingerprint density at radius 1 is 0.706 bits per heavy atom. The van der Waals surface area contributed by atoms with Gasteiger partial charge < -0.3 is 0 Å². The zero-order valence-electron chi connectivity index (χ0n) is 20.1. The highest BCUT2D eigenvalue weighted by Crippen LogP contribution is 2.31. The van der Waals surface area contributed by atoms with Gasteiger partial charge in [0.1, 0.15) is 11.6 Å². The monoisotopic (exact) mass is 452 g/mol. The van der Waals surface area contributed by atoms with Crippen molar-refractivity contribution in [2.75, 3.05) is 0 Å². The molecule has 0 aliphatic heterocycles. The summed E-state index contributed by atoms with van der Waals surface area (Å²) < 4.78 is 29.1. The van der Waals surface area contributed by atoms with E-state index in [1.165, 1.54) is 48.9 Å². The van der Waals surface area contributed by atoms with Crippen molar-refractivity contribution in [3.63, 3.8) is 0 Å². The van der Waals surface area contributed by atoms with Gasteiger partial charge in [0.15, 0.2) is 0 Å². The molecule has 1 fully saturated rings. The second kappa shape index (κ2) is 10.7. The summed E-state index contributed by atoms with van der Waals surface area (Å²) in [5.41, 5.74) is 5.34. The van der Waals surface area contributed by atoms with Crippen molar-refractivity contribution in [2.45, 2.75) is 52.9 Å². The number of benzene rings is 3. The average Bonchev–Trinajstić information content (AvgIpc) is 2.81. The Morgan fingerprint density at radius 2 is 1.29 bits per heavy atom. The van der Waals surface area contributed by atoms with Crippen LogP contribution in [0.1, 0.15) is 71.6 Å². The van der Waals surface area contributed by atoms with E-state index < -0.39 is 11.6 Å². The molecule has 0 nitrogen and oxygen atoms in total. The molecule has 0 spiro atoms. The Morgan fingerprint density at radius 3 is 1.94 bits per heavy atom. The highest BCUT2D eigenvalue weighted by atomic mass is 19.1. The van der Waals surface area contributed by atoms with E-state index in [9.17, 15) is 8.78 Å². The van der Waals surface area contributed by atoms with Gasteiger partial charge in [-0.2, -0.15) is 0 Å². The average molecular weight is 453 g/mol. The molecule has 0 saturated heterocycles. The standard InChI is InChI=1S/C32H30F2/c1-22-4-8-25(9-5-22)15-17-30-31(33)20-28(21-32(30)34)13-12-26-14-16-29(24(3)18-26)19-27-10-6-23(2)7-11-27/h4-5,8-9,14,16,18,20-21,23,27H,6-7,10-11,19H2,1-3H3. The van der Waals surface area contributed by atoms with Crippen LogP contribution in [-0.4, -0.2) is 0 Å². The molecule has 4 rings (SSSR count). The predicted octanol–water partition coefficient (Wildman–Crippen LogP) is 7.75. The summed E-state index contributed by atoms with van der Waals surface area (Å²) in [4.78, 5) is 0. The third-order valence-corrected chi connectivity index (χ3v) is 6.76. The van der Waals surface area contributed by atoms with Crippen LogP contribution in [-0.2, 0) is 6.42 Å². The van der Waals surface area contributed by atoms with Gasteiger partial charge in [-0.15, -0.1) is 0 Å². The van der Waals surface area contributed by atoms with E-state index >= 15 is 0 Å². The molecule has 0 atom stereocenters. The van der Waals surface area contributed by atoms with Gasteiger partial charge in [0.2, 0.25) is 0 Å². The van der Waals surface area contributed by atoms with Crippen molar-refractivity contribution in [3.8, 4) is 23.7 Å². The molecule has 2 heteroatoms. The Bertz CT molecular complexity index is 1260. The molecule has 1 aliphatic carbocycles. The minimum atomic E-state index is -0.697. The Labute approximate surface area is 202 Å².